The van der Waals surface area contributed by atoms with E-state index in [4.69, 9.17) is 4.74 Å². The summed E-state index contributed by atoms with van der Waals surface area (Å²) in [5.74, 6) is 0.827. The third kappa shape index (κ3) is 3.04. The zero-order valence-electron chi connectivity index (χ0n) is 10.8. The summed E-state index contributed by atoms with van der Waals surface area (Å²) < 4.78 is 6.71. The molecule has 19 heavy (non-hydrogen) atoms. The molecule has 0 aliphatic rings. The van der Waals surface area contributed by atoms with E-state index in [9.17, 15) is 9.90 Å². The van der Waals surface area contributed by atoms with E-state index in [0.29, 0.717) is 17.3 Å². The number of rotatable bonds is 4. The van der Waals surface area contributed by atoms with Gasteiger partial charge in [-0.2, -0.15) is 0 Å². The number of anilines is 1. The van der Waals surface area contributed by atoms with Crippen LogP contribution in [0.5, 0.6) is 11.5 Å². The fraction of sp³-hybridized carbons (Fsp3) is 0.231. The standard InChI is InChI=1S/C13H15N3O3/c1-16-6-5-14-12(16)8-13(18)15-9-3-4-11(19-2)10(17)7-9/h3-7,17H,8H2,1-2H3,(H,15,18). The number of hydrogen-bond acceptors (Lipinski definition) is 4. The van der Waals surface area contributed by atoms with E-state index < -0.39 is 0 Å². The van der Waals surface area contributed by atoms with Crippen LogP contribution >= 0.6 is 0 Å². The lowest BCUT2D eigenvalue weighted by Gasteiger charge is -2.08. The van der Waals surface area contributed by atoms with Gasteiger partial charge in [-0.25, -0.2) is 4.98 Å². The molecule has 0 saturated heterocycles. The molecule has 0 spiro atoms. The Hall–Kier alpha value is -2.50. The van der Waals surface area contributed by atoms with Crippen LogP contribution in [-0.4, -0.2) is 27.7 Å². The number of aromatic hydroxyl groups is 1. The maximum Gasteiger partial charge on any atom is 0.231 e. The molecule has 2 aromatic rings. The Kier molecular flexibility index (Phi) is 3.70. The van der Waals surface area contributed by atoms with Crippen LogP contribution in [0.4, 0.5) is 5.69 Å². The van der Waals surface area contributed by atoms with Gasteiger partial charge < -0.3 is 19.7 Å². The Balaban J connectivity index is 2.03. The number of carbonyl (C=O) groups excluding carboxylic acids is 1. The molecule has 100 valence electrons. The molecule has 2 rings (SSSR count). The normalized spacial score (nSPS) is 10.2. The van der Waals surface area contributed by atoms with Gasteiger partial charge in [0, 0.05) is 31.2 Å². The van der Waals surface area contributed by atoms with E-state index in [0.717, 1.165) is 0 Å². The minimum absolute atomic E-state index is 0.0164. The van der Waals surface area contributed by atoms with Crippen molar-refractivity contribution in [2.75, 3.05) is 12.4 Å². The Morgan fingerprint density at radius 2 is 2.32 bits per heavy atom. The van der Waals surface area contributed by atoms with Gasteiger partial charge in [-0.3, -0.25) is 4.79 Å². The fourth-order valence-electron chi connectivity index (χ4n) is 1.68. The molecule has 1 aromatic heterocycles. The number of imidazole rings is 1. The van der Waals surface area contributed by atoms with Crippen LogP contribution in [0.25, 0.3) is 0 Å². The van der Waals surface area contributed by atoms with Crippen LogP contribution in [0.3, 0.4) is 0 Å². The number of ether oxygens (including phenoxy) is 1. The van der Waals surface area contributed by atoms with Gasteiger partial charge in [0.15, 0.2) is 11.5 Å². The Bertz CT molecular complexity index is 593. The highest BCUT2D eigenvalue weighted by Crippen LogP contribution is 2.28. The number of hydrogen-bond donors (Lipinski definition) is 2. The number of amides is 1. The molecule has 1 amide bonds. The zero-order valence-corrected chi connectivity index (χ0v) is 10.8. The summed E-state index contributed by atoms with van der Waals surface area (Å²) in [5, 5.41) is 12.3. The highest BCUT2D eigenvalue weighted by Gasteiger charge is 2.09. The molecule has 0 radical (unpaired) electrons. The molecule has 0 aliphatic carbocycles. The van der Waals surface area contributed by atoms with Gasteiger partial charge in [0.2, 0.25) is 5.91 Å². The topological polar surface area (TPSA) is 76.4 Å². The first-order valence-corrected chi connectivity index (χ1v) is 5.73. The van der Waals surface area contributed by atoms with Crippen LogP contribution in [0, 0.1) is 0 Å². The van der Waals surface area contributed by atoms with Crippen LogP contribution in [0.15, 0.2) is 30.6 Å². The minimum Gasteiger partial charge on any atom is -0.504 e. The molecule has 2 N–H and O–H groups in total. The Labute approximate surface area is 110 Å². The summed E-state index contributed by atoms with van der Waals surface area (Å²) in [6, 6.07) is 4.69. The third-order valence-corrected chi connectivity index (χ3v) is 2.70. The van der Waals surface area contributed by atoms with Crippen molar-refractivity contribution in [3.63, 3.8) is 0 Å². The van der Waals surface area contributed by atoms with E-state index in [1.54, 1.807) is 29.1 Å². The van der Waals surface area contributed by atoms with Gasteiger partial charge in [0.05, 0.1) is 13.5 Å². The summed E-state index contributed by atoms with van der Waals surface area (Å²) >= 11 is 0. The first-order valence-electron chi connectivity index (χ1n) is 5.73. The maximum atomic E-state index is 11.8. The van der Waals surface area contributed by atoms with Crippen molar-refractivity contribution < 1.29 is 14.6 Å². The molecule has 0 fully saturated rings. The predicted octanol–water partition coefficient (Wildman–Crippen LogP) is 1.32. The van der Waals surface area contributed by atoms with Crippen LogP contribution in [-0.2, 0) is 18.3 Å². The lowest BCUT2D eigenvalue weighted by molar-refractivity contribution is -0.115. The number of aryl methyl sites for hydroxylation is 1. The van der Waals surface area contributed by atoms with E-state index >= 15 is 0 Å². The summed E-state index contributed by atoms with van der Waals surface area (Å²) in [5.41, 5.74) is 0.512. The molecule has 0 bridgehead atoms. The number of methoxy groups -OCH3 is 1. The quantitative estimate of drug-likeness (QED) is 0.870. The molecule has 0 unspecified atom stereocenters. The molecule has 0 atom stereocenters. The van der Waals surface area contributed by atoms with E-state index in [1.807, 2.05) is 7.05 Å². The van der Waals surface area contributed by atoms with Gasteiger partial charge >= 0.3 is 0 Å². The first kappa shape index (κ1) is 12.9. The van der Waals surface area contributed by atoms with Gasteiger partial charge in [-0.15, -0.1) is 0 Å². The maximum absolute atomic E-state index is 11.8. The highest BCUT2D eigenvalue weighted by molar-refractivity contribution is 5.92. The van der Waals surface area contributed by atoms with Gasteiger partial charge in [-0.1, -0.05) is 0 Å². The molecular weight excluding hydrogens is 246 g/mol. The summed E-state index contributed by atoms with van der Waals surface area (Å²) in [6.45, 7) is 0. The molecular formula is C13H15N3O3. The average molecular weight is 261 g/mol. The zero-order chi connectivity index (χ0) is 13.8. The highest BCUT2D eigenvalue weighted by atomic mass is 16.5. The number of benzene rings is 1. The molecule has 6 nitrogen and oxygen atoms in total. The lowest BCUT2D eigenvalue weighted by Crippen LogP contribution is -2.16. The number of nitrogens with zero attached hydrogens (tertiary/aromatic N) is 2. The summed E-state index contributed by atoms with van der Waals surface area (Å²) in [7, 11) is 3.29. The van der Waals surface area contributed by atoms with Crippen molar-refractivity contribution in [3.05, 3.63) is 36.4 Å². The minimum atomic E-state index is -0.195. The Morgan fingerprint density at radius 3 is 2.89 bits per heavy atom. The summed E-state index contributed by atoms with van der Waals surface area (Å²) in [4.78, 5) is 15.9. The second-order valence-corrected chi connectivity index (χ2v) is 4.07. The van der Waals surface area contributed by atoms with Crippen LogP contribution in [0.1, 0.15) is 5.82 Å². The number of carbonyl (C=O) groups is 1. The second kappa shape index (κ2) is 5.43. The Morgan fingerprint density at radius 1 is 1.53 bits per heavy atom. The molecule has 1 aromatic carbocycles. The van der Waals surface area contributed by atoms with Crippen molar-refractivity contribution in [2.45, 2.75) is 6.42 Å². The monoisotopic (exact) mass is 261 g/mol. The van der Waals surface area contributed by atoms with Gasteiger partial charge in [0.1, 0.15) is 5.82 Å². The van der Waals surface area contributed by atoms with Crippen molar-refractivity contribution in [3.8, 4) is 11.5 Å². The van der Waals surface area contributed by atoms with Crippen molar-refractivity contribution in [1.29, 1.82) is 0 Å². The number of phenolic OH excluding ortho intramolecular Hbond substituents is 1. The number of nitrogens with one attached hydrogen (secondary N) is 1. The fourth-order valence-corrected chi connectivity index (χ4v) is 1.68. The van der Waals surface area contributed by atoms with Crippen molar-refractivity contribution in [2.24, 2.45) is 7.05 Å². The predicted molar refractivity (Wildman–Crippen MR) is 70.2 cm³/mol. The van der Waals surface area contributed by atoms with Gasteiger partial charge in [-0.05, 0) is 12.1 Å². The lowest BCUT2D eigenvalue weighted by atomic mass is 10.2. The average Bonchev–Trinajstić information content (AvgIpc) is 2.75. The van der Waals surface area contributed by atoms with E-state index in [1.165, 1.54) is 13.2 Å². The molecule has 0 saturated carbocycles. The molecule has 6 heteroatoms. The number of phenols is 1. The summed E-state index contributed by atoms with van der Waals surface area (Å²) in [6.07, 6.45) is 3.60. The first-order chi connectivity index (χ1) is 9.10. The SMILES string of the molecule is COc1ccc(NC(=O)Cc2nccn2C)cc1O. The van der Waals surface area contributed by atoms with Gasteiger partial charge in [0.25, 0.3) is 0 Å². The van der Waals surface area contributed by atoms with Crippen LogP contribution < -0.4 is 10.1 Å². The van der Waals surface area contributed by atoms with Crippen LogP contribution in [0.2, 0.25) is 0 Å². The van der Waals surface area contributed by atoms with E-state index in [-0.39, 0.29) is 18.1 Å². The third-order valence-electron chi connectivity index (χ3n) is 2.70. The van der Waals surface area contributed by atoms with E-state index in [2.05, 4.69) is 10.3 Å². The molecule has 1 heterocycles. The molecule has 0 aliphatic heterocycles. The smallest absolute Gasteiger partial charge is 0.231 e. The second-order valence-electron chi connectivity index (χ2n) is 4.07. The van der Waals surface area contributed by atoms with Crippen molar-refractivity contribution in [1.82, 2.24) is 9.55 Å². The van der Waals surface area contributed by atoms with Crippen molar-refractivity contribution >= 4 is 11.6 Å². The largest absolute Gasteiger partial charge is 0.504 e. The number of aromatic nitrogens is 2.